The lowest BCUT2D eigenvalue weighted by molar-refractivity contribution is -0.118. The highest BCUT2D eigenvalue weighted by Gasteiger charge is 2.26. The maximum Gasteiger partial charge on any atom is 0.253 e. The van der Waals surface area contributed by atoms with Crippen LogP contribution >= 0.6 is 23.2 Å². The van der Waals surface area contributed by atoms with E-state index in [-0.39, 0.29) is 22.4 Å². The Bertz CT molecular complexity index is 929. The van der Waals surface area contributed by atoms with Crippen molar-refractivity contribution in [3.63, 3.8) is 0 Å². The van der Waals surface area contributed by atoms with E-state index in [1.165, 1.54) is 17.0 Å². The standard InChI is InChI=1S/C21H23Cl2N3O3/c1-12(2)18(25-19(27)16-9-8-14(22)11-17(16)23)20(28)24-15-7-5-6-13(10-15)21(29)26(3)4/h5-12,18H,1-4H3,(H,24,28)(H,25,27). The van der Waals surface area contributed by atoms with Crippen LogP contribution < -0.4 is 10.6 Å². The molecule has 154 valence electrons. The van der Waals surface area contributed by atoms with Crippen LogP contribution in [0.5, 0.6) is 0 Å². The van der Waals surface area contributed by atoms with Crippen molar-refractivity contribution in [1.29, 1.82) is 0 Å². The van der Waals surface area contributed by atoms with Crippen molar-refractivity contribution in [2.45, 2.75) is 19.9 Å². The van der Waals surface area contributed by atoms with Crippen LogP contribution in [0.2, 0.25) is 10.0 Å². The number of rotatable bonds is 6. The normalized spacial score (nSPS) is 11.7. The molecule has 1 unspecified atom stereocenters. The van der Waals surface area contributed by atoms with Crippen molar-refractivity contribution < 1.29 is 14.4 Å². The fraction of sp³-hybridized carbons (Fsp3) is 0.286. The summed E-state index contributed by atoms with van der Waals surface area (Å²) >= 11 is 12.0. The van der Waals surface area contributed by atoms with Gasteiger partial charge in [0.15, 0.2) is 0 Å². The maximum atomic E-state index is 12.8. The number of nitrogens with one attached hydrogen (secondary N) is 2. The summed E-state index contributed by atoms with van der Waals surface area (Å²) < 4.78 is 0. The highest BCUT2D eigenvalue weighted by Crippen LogP contribution is 2.21. The topological polar surface area (TPSA) is 78.5 Å². The summed E-state index contributed by atoms with van der Waals surface area (Å²) in [5.41, 5.74) is 1.14. The van der Waals surface area contributed by atoms with Crippen LogP contribution in [0, 0.1) is 5.92 Å². The van der Waals surface area contributed by atoms with Gasteiger partial charge in [-0.05, 0) is 42.3 Å². The van der Waals surface area contributed by atoms with E-state index >= 15 is 0 Å². The molecule has 0 aromatic heterocycles. The highest BCUT2D eigenvalue weighted by atomic mass is 35.5. The Balaban J connectivity index is 2.17. The molecule has 0 bridgehead atoms. The molecule has 3 amide bonds. The molecule has 6 nitrogen and oxygen atoms in total. The van der Waals surface area contributed by atoms with Crippen molar-refractivity contribution in [2.75, 3.05) is 19.4 Å². The first-order valence-corrected chi connectivity index (χ1v) is 9.74. The molecule has 0 aliphatic heterocycles. The van der Waals surface area contributed by atoms with E-state index in [2.05, 4.69) is 10.6 Å². The molecule has 0 radical (unpaired) electrons. The van der Waals surface area contributed by atoms with Crippen molar-refractivity contribution in [3.05, 3.63) is 63.6 Å². The van der Waals surface area contributed by atoms with Gasteiger partial charge in [0.25, 0.3) is 11.8 Å². The molecule has 0 heterocycles. The fourth-order valence-corrected chi connectivity index (χ4v) is 3.13. The van der Waals surface area contributed by atoms with Crippen LogP contribution in [0.1, 0.15) is 34.6 Å². The first-order valence-electron chi connectivity index (χ1n) is 8.98. The zero-order valence-electron chi connectivity index (χ0n) is 16.6. The lowest BCUT2D eigenvalue weighted by Gasteiger charge is -2.22. The van der Waals surface area contributed by atoms with E-state index < -0.39 is 17.9 Å². The molecule has 2 rings (SSSR count). The van der Waals surface area contributed by atoms with Crippen LogP contribution in [-0.4, -0.2) is 42.8 Å². The van der Waals surface area contributed by atoms with E-state index in [1.807, 2.05) is 13.8 Å². The molecule has 0 saturated carbocycles. The van der Waals surface area contributed by atoms with Gasteiger partial charge in [0.1, 0.15) is 6.04 Å². The number of nitrogens with zero attached hydrogens (tertiary/aromatic N) is 1. The summed E-state index contributed by atoms with van der Waals surface area (Å²) in [6.07, 6.45) is 0. The number of halogens is 2. The molecule has 29 heavy (non-hydrogen) atoms. The molecule has 0 fully saturated rings. The van der Waals surface area contributed by atoms with Gasteiger partial charge < -0.3 is 15.5 Å². The molecule has 0 aliphatic carbocycles. The summed E-state index contributed by atoms with van der Waals surface area (Å²) in [6.45, 7) is 3.64. The second-order valence-corrected chi connectivity index (χ2v) is 7.93. The van der Waals surface area contributed by atoms with Crippen molar-refractivity contribution >= 4 is 46.6 Å². The van der Waals surface area contributed by atoms with Gasteiger partial charge in [0, 0.05) is 30.4 Å². The molecule has 2 N–H and O–H groups in total. The number of amides is 3. The number of carbonyl (C=O) groups excluding carboxylic acids is 3. The van der Waals surface area contributed by atoms with Crippen LogP contribution in [-0.2, 0) is 4.79 Å². The van der Waals surface area contributed by atoms with Crippen LogP contribution in [0.3, 0.4) is 0 Å². The van der Waals surface area contributed by atoms with Gasteiger partial charge in [0.2, 0.25) is 5.91 Å². The Hall–Kier alpha value is -2.57. The van der Waals surface area contributed by atoms with E-state index in [9.17, 15) is 14.4 Å². The van der Waals surface area contributed by atoms with Crippen molar-refractivity contribution in [2.24, 2.45) is 5.92 Å². The minimum absolute atomic E-state index is 0.174. The Morgan fingerprint density at radius 3 is 2.28 bits per heavy atom. The molecule has 0 spiro atoms. The van der Waals surface area contributed by atoms with E-state index in [1.54, 1.807) is 44.4 Å². The molecule has 2 aromatic rings. The highest BCUT2D eigenvalue weighted by molar-refractivity contribution is 6.36. The lowest BCUT2D eigenvalue weighted by Crippen LogP contribution is -2.47. The number of hydrogen-bond donors (Lipinski definition) is 2. The fourth-order valence-electron chi connectivity index (χ4n) is 2.64. The first kappa shape index (κ1) is 22.7. The van der Waals surface area contributed by atoms with Gasteiger partial charge in [0.05, 0.1) is 10.6 Å². The zero-order valence-corrected chi connectivity index (χ0v) is 18.1. The largest absolute Gasteiger partial charge is 0.345 e. The average Bonchev–Trinajstić information content (AvgIpc) is 2.65. The third kappa shape index (κ3) is 5.95. The maximum absolute atomic E-state index is 12.8. The number of carbonyl (C=O) groups is 3. The van der Waals surface area contributed by atoms with Gasteiger partial charge in [-0.2, -0.15) is 0 Å². The van der Waals surface area contributed by atoms with Gasteiger partial charge in [-0.1, -0.05) is 43.1 Å². The lowest BCUT2D eigenvalue weighted by atomic mass is 10.0. The summed E-state index contributed by atoms with van der Waals surface area (Å²) in [5.74, 6) is -1.23. The van der Waals surface area contributed by atoms with Gasteiger partial charge >= 0.3 is 0 Å². The predicted molar refractivity (Wildman–Crippen MR) is 116 cm³/mol. The molecular formula is C21H23Cl2N3O3. The summed E-state index contributed by atoms with van der Waals surface area (Å²) in [5, 5.41) is 6.09. The third-order valence-corrected chi connectivity index (χ3v) is 4.74. The van der Waals surface area contributed by atoms with Gasteiger partial charge in [-0.25, -0.2) is 0 Å². The molecule has 0 aliphatic rings. The zero-order chi connectivity index (χ0) is 21.7. The Morgan fingerprint density at radius 1 is 1.00 bits per heavy atom. The first-order chi connectivity index (χ1) is 13.6. The minimum atomic E-state index is -0.803. The Kier molecular flexibility index (Phi) is 7.65. The van der Waals surface area contributed by atoms with Crippen molar-refractivity contribution in [1.82, 2.24) is 10.2 Å². The Labute approximate surface area is 180 Å². The summed E-state index contributed by atoms with van der Waals surface area (Å²) in [4.78, 5) is 39.0. The second kappa shape index (κ2) is 9.76. The van der Waals surface area contributed by atoms with Gasteiger partial charge in [-0.15, -0.1) is 0 Å². The second-order valence-electron chi connectivity index (χ2n) is 7.09. The van der Waals surface area contributed by atoms with Crippen LogP contribution in [0.4, 0.5) is 5.69 Å². The SMILES string of the molecule is CC(C)C(NC(=O)c1ccc(Cl)cc1Cl)C(=O)Nc1cccc(C(=O)N(C)C)c1. The smallest absolute Gasteiger partial charge is 0.253 e. The van der Waals surface area contributed by atoms with E-state index in [0.717, 1.165) is 0 Å². The summed E-state index contributed by atoms with van der Waals surface area (Å²) in [7, 11) is 3.31. The van der Waals surface area contributed by atoms with E-state index in [0.29, 0.717) is 16.3 Å². The van der Waals surface area contributed by atoms with Crippen LogP contribution in [0.25, 0.3) is 0 Å². The molecule has 0 saturated heterocycles. The quantitative estimate of drug-likeness (QED) is 0.716. The molecular weight excluding hydrogens is 413 g/mol. The third-order valence-electron chi connectivity index (χ3n) is 4.19. The predicted octanol–water partition coefficient (Wildman–Crippen LogP) is 4.09. The number of anilines is 1. The van der Waals surface area contributed by atoms with Gasteiger partial charge in [-0.3, -0.25) is 14.4 Å². The minimum Gasteiger partial charge on any atom is -0.345 e. The monoisotopic (exact) mass is 435 g/mol. The number of benzene rings is 2. The number of hydrogen-bond acceptors (Lipinski definition) is 3. The average molecular weight is 436 g/mol. The van der Waals surface area contributed by atoms with Crippen LogP contribution in [0.15, 0.2) is 42.5 Å². The molecule has 2 aromatic carbocycles. The summed E-state index contributed by atoms with van der Waals surface area (Å²) in [6, 6.07) is 10.4. The molecule has 8 heteroatoms. The Morgan fingerprint density at radius 2 is 1.69 bits per heavy atom. The van der Waals surface area contributed by atoms with E-state index in [4.69, 9.17) is 23.2 Å². The molecule has 1 atom stereocenters. The van der Waals surface area contributed by atoms with Crippen molar-refractivity contribution in [3.8, 4) is 0 Å².